The maximum Gasteiger partial charge on any atom is 0.324 e. The quantitative estimate of drug-likeness (QED) is 0.333. The van der Waals surface area contributed by atoms with Gasteiger partial charge in [-0.25, -0.2) is 0 Å². The van der Waals surface area contributed by atoms with Crippen molar-refractivity contribution >= 4 is 23.9 Å². The van der Waals surface area contributed by atoms with Crippen LogP contribution in [0.25, 0.3) is 0 Å². The molecule has 0 amide bonds. The topological polar surface area (TPSA) is 99.2 Å². The van der Waals surface area contributed by atoms with Crippen molar-refractivity contribution in [3.8, 4) is 0 Å². The Labute approximate surface area is 87.9 Å². The third-order valence-electron chi connectivity index (χ3n) is 1.56. The van der Waals surface area contributed by atoms with Gasteiger partial charge in [0, 0.05) is 30.8 Å². The second-order valence-corrected chi connectivity index (χ2v) is 4.29. The molecule has 6 heteroatoms. The molecule has 0 rings (SSSR count). The number of carbonyl (C=O) groups is 1. The molecule has 0 aromatic heterocycles. The van der Waals surface area contributed by atoms with E-state index in [-0.39, 0.29) is 0 Å². The van der Waals surface area contributed by atoms with Crippen molar-refractivity contribution in [2.24, 2.45) is 5.73 Å². The summed E-state index contributed by atoms with van der Waals surface area (Å²) in [5.74, 6) is 0.222. The first kappa shape index (κ1) is 13.4. The van der Waals surface area contributed by atoms with Crippen LogP contribution in [0.3, 0.4) is 0 Å². The van der Waals surface area contributed by atoms with Gasteiger partial charge in [0.1, 0.15) is 5.54 Å². The van der Waals surface area contributed by atoms with Crippen LogP contribution in [-0.2, 0) is 4.79 Å². The first-order chi connectivity index (χ1) is 6.50. The van der Waals surface area contributed by atoms with Gasteiger partial charge in [-0.2, -0.15) is 11.8 Å². The fourth-order valence-electron chi connectivity index (χ4n) is 0.664. The summed E-state index contributed by atoms with van der Waals surface area (Å²) >= 11 is 1.50. The average molecular weight is 219 g/mol. The van der Waals surface area contributed by atoms with Crippen molar-refractivity contribution in [1.82, 2.24) is 5.32 Å². The van der Waals surface area contributed by atoms with Crippen molar-refractivity contribution in [2.45, 2.75) is 12.5 Å². The highest BCUT2D eigenvalue weighted by Crippen LogP contribution is 2.09. The van der Waals surface area contributed by atoms with Gasteiger partial charge < -0.3 is 21.6 Å². The van der Waals surface area contributed by atoms with Gasteiger partial charge in [-0.15, -0.1) is 0 Å². The van der Waals surface area contributed by atoms with Crippen LogP contribution >= 0.6 is 11.8 Å². The second kappa shape index (κ2) is 6.80. The lowest BCUT2D eigenvalue weighted by Gasteiger charge is -2.18. The maximum atomic E-state index is 10.6. The SMILES string of the molecule is C[C@](N)(CSCCNCC=N)C(=O)O. The highest BCUT2D eigenvalue weighted by molar-refractivity contribution is 7.99. The van der Waals surface area contributed by atoms with Crippen LogP contribution in [0.2, 0.25) is 0 Å². The van der Waals surface area contributed by atoms with E-state index < -0.39 is 11.5 Å². The van der Waals surface area contributed by atoms with Gasteiger partial charge in [0.2, 0.25) is 0 Å². The molecule has 82 valence electrons. The molecule has 5 N–H and O–H groups in total. The Hall–Kier alpha value is -0.590. The number of carboxylic acids is 1. The van der Waals surface area contributed by atoms with Crippen molar-refractivity contribution in [2.75, 3.05) is 24.6 Å². The molecule has 14 heavy (non-hydrogen) atoms. The van der Waals surface area contributed by atoms with Crippen LogP contribution in [0.15, 0.2) is 0 Å². The van der Waals surface area contributed by atoms with Crippen LogP contribution in [-0.4, -0.2) is 47.4 Å². The number of thioether (sulfide) groups is 1. The molecule has 0 saturated heterocycles. The average Bonchev–Trinajstić information content (AvgIpc) is 2.10. The normalized spacial score (nSPS) is 14.7. The Morgan fingerprint density at radius 1 is 1.79 bits per heavy atom. The second-order valence-electron chi connectivity index (χ2n) is 3.18. The van der Waals surface area contributed by atoms with Gasteiger partial charge in [-0.05, 0) is 6.92 Å². The van der Waals surface area contributed by atoms with Crippen LogP contribution in [0.4, 0.5) is 0 Å². The van der Waals surface area contributed by atoms with Crippen molar-refractivity contribution in [1.29, 1.82) is 5.41 Å². The van der Waals surface area contributed by atoms with Crippen molar-refractivity contribution in [3.63, 3.8) is 0 Å². The van der Waals surface area contributed by atoms with Gasteiger partial charge in [0.05, 0.1) is 0 Å². The molecule has 0 aromatic carbocycles. The van der Waals surface area contributed by atoms with E-state index in [4.69, 9.17) is 16.2 Å². The predicted octanol–water partition coefficient (Wildman–Crippen LogP) is -0.239. The molecule has 0 fully saturated rings. The molecule has 0 aliphatic rings. The van der Waals surface area contributed by atoms with Gasteiger partial charge in [-0.3, -0.25) is 4.79 Å². The Bertz CT molecular complexity index is 197. The maximum absolute atomic E-state index is 10.6. The Morgan fingerprint density at radius 3 is 2.93 bits per heavy atom. The molecule has 5 nitrogen and oxygen atoms in total. The number of hydrogen-bond acceptors (Lipinski definition) is 5. The van der Waals surface area contributed by atoms with E-state index in [1.807, 2.05) is 0 Å². The van der Waals surface area contributed by atoms with E-state index in [2.05, 4.69) is 5.32 Å². The fourth-order valence-corrected chi connectivity index (χ4v) is 1.65. The summed E-state index contributed by atoms with van der Waals surface area (Å²) in [6, 6.07) is 0. The van der Waals surface area contributed by atoms with Gasteiger partial charge >= 0.3 is 5.97 Å². The molecule has 0 radical (unpaired) electrons. The summed E-state index contributed by atoms with van der Waals surface area (Å²) in [7, 11) is 0. The predicted molar refractivity (Wildman–Crippen MR) is 59.2 cm³/mol. The standard InChI is InChI=1S/C8H17N3O2S/c1-8(10,7(12)13)6-14-5-4-11-3-2-9/h2,9,11H,3-6,10H2,1H3,(H,12,13)/t8-/m0/s1. The number of nitrogens with two attached hydrogens (primary N) is 1. The zero-order chi connectivity index (χ0) is 11.0. The molecule has 0 aliphatic carbocycles. The van der Waals surface area contributed by atoms with Gasteiger partial charge in [0.15, 0.2) is 0 Å². The minimum atomic E-state index is -1.15. The monoisotopic (exact) mass is 219 g/mol. The minimum absolute atomic E-state index is 0.397. The van der Waals surface area contributed by atoms with E-state index in [9.17, 15) is 4.79 Å². The zero-order valence-corrected chi connectivity index (χ0v) is 9.06. The zero-order valence-electron chi connectivity index (χ0n) is 8.25. The Kier molecular flexibility index (Phi) is 6.52. The molecule has 0 bridgehead atoms. The first-order valence-corrected chi connectivity index (χ1v) is 5.46. The van der Waals surface area contributed by atoms with Crippen LogP contribution in [0, 0.1) is 5.41 Å². The lowest BCUT2D eigenvalue weighted by molar-refractivity contribution is -0.141. The fraction of sp³-hybridized carbons (Fsp3) is 0.750. The molecule has 0 heterocycles. The Morgan fingerprint density at radius 2 is 2.43 bits per heavy atom. The molecule has 0 unspecified atom stereocenters. The van der Waals surface area contributed by atoms with E-state index in [1.54, 1.807) is 0 Å². The number of hydrogen-bond donors (Lipinski definition) is 4. The summed E-state index contributed by atoms with van der Waals surface area (Å²) in [5, 5.41) is 18.4. The van der Waals surface area contributed by atoms with Gasteiger partial charge in [0.25, 0.3) is 0 Å². The van der Waals surface area contributed by atoms with E-state index in [0.29, 0.717) is 12.3 Å². The van der Waals surface area contributed by atoms with Gasteiger partial charge in [-0.1, -0.05) is 0 Å². The van der Waals surface area contributed by atoms with E-state index in [1.165, 1.54) is 24.9 Å². The molecule has 0 saturated carbocycles. The van der Waals surface area contributed by atoms with Crippen LogP contribution in [0.5, 0.6) is 0 Å². The van der Waals surface area contributed by atoms with E-state index in [0.717, 1.165) is 12.3 Å². The molecule has 0 aliphatic heterocycles. The molecular weight excluding hydrogens is 202 g/mol. The molecular formula is C8H17N3O2S. The summed E-state index contributed by atoms with van der Waals surface area (Å²) < 4.78 is 0. The summed E-state index contributed by atoms with van der Waals surface area (Å²) in [5.41, 5.74) is 4.38. The highest BCUT2D eigenvalue weighted by Gasteiger charge is 2.27. The number of carboxylic acid groups (broad SMARTS) is 1. The lowest BCUT2D eigenvalue weighted by Crippen LogP contribution is -2.47. The van der Waals surface area contributed by atoms with Crippen LogP contribution in [0.1, 0.15) is 6.92 Å². The van der Waals surface area contributed by atoms with Crippen molar-refractivity contribution < 1.29 is 9.90 Å². The minimum Gasteiger partial charge on any atom is -0.480 e. The first-order valence-electron chi connectivity index (χ1n) is 4.30. The number of nitrogens with one attached hydrogen (secondary N) is 2. The van der Waals surface area contributed by atoms with Crippen molar-refractivity contribution in [3.05, 3.63) is 0 Å². The largest absolute Gasteiger partial charge is 0.480 e. The lowest BCUT2D eigenvalue weighted by atomic mass is 10.1. The molecule has 1 atom stereocenters. The smallest absolute Gasteiger partial charge is 0.324 e. The molecule has 0 aromatic rings. The number of aliphatic carboxylic acids is 1. The number of rotatable bonds is 8. The Balaban J connectivity index is 3.44. The third kappa shape index (κ3) is 5.95. The third-order valence-corrected chi connectivity index (χ3v) is 2.86. The molecule has 0 spiro atoms. The summed E-state index contributed by atoms with van der Waals surface area (Å²) in [4.78, 5) is 10.6. The van der Waals surface area contributed by atoms with E-state index >= 15 is 0 Å². The van der Waals surface area contributed by atoms with Crippen LogP contribution < -0.4 is 11.1 Å². The summed E-state index contributed by atoms with van der Waals surface area (Å²) in [6.45, 7) is 2.82. The summed E-state index contributed by atoms with van der Waals surface area (Å²) in [6.07, 6.45) is 1.29. The highest BCUT2D eigenvalue weighted by atomic mass is 32.2.